The molecule has 96 valence electrons. The smallest absolute Gasteiger partial charge is 0.131 e. The normalized spacial score (nSPS) is 12.6. The summed E-state index contributed by atoms with van der Waals surface area (Å²) in [5.41, 5.74) is 0.582. The van der Waals surface area contributed by atoms with Gasteiger partial charge < -0.3 is 10.4 Å². The Kier molecular flexibility index (Phi) is 4.33. The first-order valence-corrected chi connectivity index (χ1v) is 6.79. The molecule has 0 aliphatic carbocycles. The van der Waals surface area contributed by atoms with Crippen molar-refractivity contribution in [3.05, 3.63) is 52.0 Å². The Balaban J connectivity index is 1.89. The van der Waals surface area contributed by atoms with E-state index in [2.05, 4.69) is 16.8 Å². The number of hydrogen-bond acceptors (Lipinski definition) is 3. The van der Waals surface area contributed by atoms with E-state index in [0.717, 1.165) is 19.0 Å². The first-order valence-electron chi connectivity index (χ1n) is 5.91. The second-order valence-corrected chi connectivity index (χ2v) is 5.24. The molecule has 0 saturated carbocycles. The molecule has 2 N–H and O–H groups in total. The van der Waals surface area contributed by atoms with Crippen molar-refractivity contribution in [1.82, 2.24) is 5.32 Å². The molecule has 1 aromatic heterocycles. The van der Waals surface area contributed by atoms with Crippen LogP contribution in [0.5, 0.6) is 5.75 Å². The first-order chi connectivity index (χ1) is 8.66. The Morgan fingerprint density at radius 3 is 2.89 bits per heavy atom. The minimum atomic E-state index is -0.369. The number of aromatic hydroxyl groups is 1. The summed E-state index contributed by atoms with van der Waals surface area (Å²) in [6.45, 7) is 2.73. The predicted octanol–water partition coefficient (Wildman–Crippen LogP) is 3.49. The molecule has 0 aliphatic heterocycles. The summed E-state index contributed by atoms with van der Waals surface area (Å²) in [5.74, 6) is -0.409. The molecule has 1 heterocycles. The highest BCUT2D eigenvalue weighted by molar-refractivity contribution is 7.09. The van der Waals surface area contributed by atoms with Crippen molar-refractivity contribution in [2.24, 2.45) is 0 Å². The van der Waals surface area contributed by atoms with Crippen LogP contribution < -0.4 is 5.32 Å². The average molecular weight is 265 g/mol. The van der Waals surface area contributed by atoms with Gasteiger partial charge in [0.25, 0.3) is 0 Å². The van der Waals surface area contributed by atoms with Crippen molar-refractivity contribution >= 4 is 11.3 Å². The number of phenolic OH excluding ortho intramolecular Hbond substituents is 1. The summed E-state index contributed by atoms with van der Waals surface area (Å²) in [6.07, 6.45) is 0.946. The zero-order valence-electron chi connectivity index (χ0n) is 10.2. The Labute approximate surface area is 110 Å². The maximum Gasteiger partial charge on any atom is 0.131 e. The van der Waals surface area contributed by atoms with Crippen LogP contribution >= 0.6 is 11.3 Å². The highest BCUT2D eigenvalue weighted by atomic mass is 32.1. The molecule has 0 aliphatic rings. The van der Waals surface area contributed by atoms with Crippen molar-refractivity contribution in [2.45, 2.75) is 19.4 Å². The number of halogens is 1. The number of nitrogens with one attached hydrogen (secondary N) is 1. The Morgan fingerprint density at radius 1 is 1.39 bits per heavy atom. The second kappa shape index (κ2) is 5.98. The Hall–Kier alpha value is -1.39. The highest BCUT2D eigenvalue weighted by Crippen LogP contribution is 2.21. The quantitative estimate of drug-likeness (QED) is 0.867. The van der Waals surface area contributed by atoms with E-state index < -0.39 is 0 Å². The number of thiophene rings is 1. The lowest BCUT2D eigenvalue weighted by Gasteiger charge is -2.14. The van der Waals surface area contributed by atoms with E-state index in [0.29, 0.717) is 5.56 Å². The van der Waals surface area contributed by atoms with E-state index in [1.165, 1.54) is 10.9 Å². The van der Waals surface area contributed by atoms with Gasteiger partial charge in [-0.25, -0.2) is 4.39 Å². The summed E-state index contributed by atoms with van der Waals surface area (Å²) >= 11 is 1.73. The fraction of sp³-hybridized carbons (Fsp3) is 0.286. The highest BCUT2D eigenvalue weighted by Gasteiger charge is 2.10. The third-order valence-corrected chi connectivity index (χ3v) is 3.79. The molecule has 1 aromatic carbocycles. The van der Waals surface area contributed by atoms with Gasteiger partial charge in [-0.2, -0.15) is 0 Å². The molecule has 0 amide bonds. The van der Waals surface area contributed by atoms with Crippen LogP contribution in [0, 0.1) is 5.82 Å². The number of benzene rings is 1. The molecule has 0 bridgehead atoms. The van der Waals surface area contributed by atoms with Crippen molar-refractivity contribution in [1.29, 1.82) is 0 Å². The minimum Gasteiger partial charge on any atom is -0.508 e. The number of hydrogen-bond donors (Lipinski definition) is 2. The molecule has 4 heteroatoms. The lowest BCUT2D eigenvalue weighted by molar-refractivity contribution is 0.464. The van der Waals surface area contributed by atoms with Crippen molar-refractivity contribution in [3.63, 3.8) is 0 Å². The van der Waals surface area contributed by atoms with Gasteiger partial charge in [0.2, 0.25) is 0 Å². The van der Waals surface area contributed by atoms with Gasteiger partial charge in [-0.05, 0) is 30.9 Å². The number of rotatable bonds is 5. The van der Waals surface area contributed by atoms with Crippen LogP contribution in [0.25, 0.3) is 0 Å². The van der Waals surface area contributed by atoms with Crippen LogP contribution in [0.1, 0.15) is 23.4 Å². The van der Waals surface area contributed by atoms with E-state index in [-0.39, 0.29) is 17.6 Å². The van der Waals surface area contributed by atoms with E-state index in [1.54, 1.807) is 17.4 Å². The van der Waals surface area contributed by atoms with Crippen molar-refractivity contribution in [2.75, 3.05) is 6.54 Å². The Morgan fingerprint density at radius 2 is 2.22 bits per heavy atom. The molecule has 1 unspecified atom stereocenters. The average Bonchev–Trinajstić information content (AvgIpc) is 2.81. The molecule has 2 rings (SSSR count). The van der Waals surface area contributed by atoms with E-state index in [4.69, 9.17) is 5.11 Å². The molecule has 2 aromatic rings. The van der Waals surface area contributed by atoms with Gasteiger partial charge in [0.1, 0.15) is 11.6 Å². The van der Waals surface area contributed by atoms with Gasteiger partial charge in [0, 0.05) is 29.1 Å². The largest absolute Gasteiger partial charge is 0.508 e. The topological polar surface area (TPSA) is 32.3 Å². The SMILES string of the molecule is CC(NCCc1cccs1)c1ccc(O)cc1F. The van der Waals surface area contributed by atoms with Crippen molar-refractivity contribution in [3.8, 4) is 5.75 Å². The summed E-state index contributed by atoms with van der Waals surface area (Å²) in [6, 6.07) is 8.34. The standard InChI is InChI=1S/C14H16FNOS/c1-10(13-5-4-11(17)9-14(13)15)16-7-6-12-3-2-8-18-12/h2-5,8-10,16-17H,6-7H2,1H3. The lowest BCUT2D eigenvalue weighted by Crippen LogP contribution is -2.21. The predicted molar refractivity (Wildman–Crippen MR) is 72.5 cm³/mol. The van der Waals surface area contributed by atoms with Crippen LogP contribution in [0.3, 0.4) is 0 Å². The third kappa shape index (κ3) is 3.31. The van der Waals surface area contributed by atoms with E-state index in [9.17, 15) is 4.39 Å². The van der Waals surface area contributed by atoms with Crippen LogP contribution in [0.2, 0.25) is 0 Å². The molecule has 1 atom stereocenters. The summed E-state index contributed by atoms with van der Waals surface area (Å²) in [7, 11) is 0. The maximum absolute atomic E-state index is 13.6. The molecular weight excluding hydrogens is 249 g/mol. The molecule has 18 heavy (non-hydrogen) atoms. The van der Waals surface area contributed by atoms with Crippen LogP contribution in [-0.2, 0) is 6.42 Å². The monoisotopic (exact) mass is 265 g/mol. The summed E-state index contributed by atoms with van der Waals surface area (Å²) in [5, 5.41) is 14.5. The summed E-state index contributed by atoms with van der Waals surface area (Å²) < 4.78 is 13.6. The van der Waals surface area contributed by atoms with E-state index in [1.807, 2.05) is 13.0 Å². The summed E-state index contributed by atoms with van der Waals surface area (Å²) in [4.78, 5) is 1.32. The molecule has 0 fully saturated rings. The first kappa shape index (κ1) is 13.1. The molecular formula is C14H16FNOS. The fourth-order valence-electron chi connectivity index (χ4n) is 1.84. The van der Waals surface area contributed by atoms with Gasteiger partial charge >= 0.3 is 0 Å². The van der Waals surface area contributed by atoms with Crippen LogP contribution in [-0.4, -0.2) is 11.7 Å². The third-order valence-electron chi connectivity index (χ3n) is 2.85. The van der Waals surface area contributed by atoms with E-state index >= 15 is 0 Å². The molecule has 0 saturated heterocycles. The van der Waals surface area contributed by atoms with Gasteiger partial charge in [-0.3, -0.25) is 0 Å². The minimum absolute atomic E-state index is 0.0398. The number of phenols is 1. The van der Waals surface area contributed by atoms with Crippen molar-refractivity contribution < 1.29 is 9.50 Å². The van der Waals surface area contributed by atoms with Gasteiger partial charge in [-0.15, -0.1) is 11.3 Å². The van der Waals surface area contributed by atoms with Crippen LogP contribution in [0.15, 0.2) is 35.7 Å². The Bertz CT molecular complexity index is 499. The van der Waals surface area contributed by atoms with Gasteiger partial charge in [0.15, 0.2) is 0 Å². The molecule has 2 nitrogen and oxygen atoms in total. The zero-order valence-corrected chi connectivity index (χ0v) is 11.0. The fourth-order valence-corrected chi connectivity index (χ4v) is 2.55. The second-order valence-electron chi connectivity index (χ2n) is 4.21. The maximum atomic E-state index is 13.6. The molecule has 0 radical (unpaired) electrons. The van der Waals surface area contributed by atoms with Gasteiger partial charge in [0.05, 0.1) is 0 Å². The zero-order chi connectivity index (χ0) is 13.0. The molecule has 0 spiro atoms. The van der Waals surface area contributed by atoms with Gasteiger partial charge in [-0.1, -0.05) is 12.1 Å². The lowest BCUT2D eigenvalue weighted by atomic mass is 10.1. The van der Waals surface area contributed by atoms with Crippen LogP contribution in [0.4, 0.5) is 4.39 Å².